The molecule has 3 saturated carbocycles. The van der Waals surface area contributed by atoms with Crippen molar-refractivity contribution in [3.8, 4) is 27.9 Å². The minimum atomic E-state index is 0.0536. The first-order chi connectivity index (χ1) is 30.2. The van der Waals surface area contributed by atoms with Crippen LogP contribution in [0.25, 0.3) is 49.7 Å². The molecule has 3 fully saturated rings. The van der Waals surface area contributed by atoms with Gasteiger partial charge in [-0.05, 0) is 155 Å². The molecule has 300 valence electrons. The Labute approximate surface area is 360 Å². The van der Waals surface area contributed by atoms with Gasteiger partial charge in [0.25, 0.3) is 0 Å². The molecule has 0 aliphatic heterocycles. The molecule has 4 atom stereocenters. The van der Waals surface area contributed by atoms with Crippen LogP contribution in [0, 0.1) is 17.8 Å². The Kier molecular flexibility index (Phi) is 7.98. The molecular formula is C59H54N2. The van der Waals surface area contributed by atoms with Gasteiger partial charge in [-0.25, -0.2) is 0 Å². The number of rotatable bonds is 5. The molecule has 0 amide bonds. The summed E-state index contributed by atoms with van der Waals surface area (Å²) >= 11 is 0. The van der Waals surface area contributed by atoms with Gasteiger partial charge in [0.1, 0.15) is 0 Å². The Morgan fingerprint density at radius 1 is 0.508 bits per heavy atom. The smallest absolute Gasteiger partial charge is 0.0542 e. The summed E-state index contributed by atoms with van der Waals surface area (Å²) in [6.07, 6.45) is 14.4. The average molecular weight is 791 g/mol. The second kappa shape index (κ2) is 13.6. The number of nitrogens with zero attached hydrogens (tertiary/aromatic N) is 2. The molecule has 61 heavy (non-hydrogen) atoms. The van der Waals surface area contributed by atoms with Crippen LogP contribution in [0.5, 0.6) is 0 Å². The zero-order valence-electron chi connectivity index (χ0n) is 35.4. The van der Waals surface area contributed by atoms with E-state index < -0.39 is 0 Å². The van der Waals surface area contributed by atoms with Crippen molar-refractivity contribution >= 4 is 38.9 Å². The summed E-state index contributed by atoms with van der Waals surface area (Å²) in [5, 5.41) is 2.58. The molecule has 5 aliphatic rings. The lowest BCUT2D eigenvalue weighted by Crippen LogP contribution is -2.48. The lowest BCUT2D eigenvalue weighted by molar-refractivity contribution is 0.0557. The maximum Gasteiger partial charge on any atom is 0.0542 e. The molecule has 0 saturated heterocycles. The Hall–Kier alpha value is -5.86. The third-order valence-corrected chi connectivity index (χ3v) is 16.7. The summed E-state index contributed by atoms with van der Waals surface area (Å²) in [5.74, 6) is 2.20. The maximum atomic E-state index is 2.68. The molecule has 13 rings (SSSR count). The summed E-state index contributed by atoms with van der Waals surface area (Å²) in [5.41, 5.74) is 19.7. The SMILES string of the molecule is CCC1CC2CCCC(C2)C12c1ccccc1-c1ccc(N(c3ccc4c(c3)C3(CCCCC3)c3ccccc3-4)c3ccc4c(c3)c3ccccc3n4-c3ccccc3)cc12. The molecule has 2 spiro atoms. The second-order valence-corrected chi connectivity index (χ2v) is 19.4. The molecular weight excluding hydrogens is 737 g/mol. The molecule has 0 N–H and O–H groups in total. The second-order valence-electron chi connectivity index (χ2n) is 19.4. The third-order valence-electron chi connectivity index (χ3n) is 16.7. The molecule has 1 aromatic heterocycles. The van der Waals surface area contributed by atoms with Crippen molar-refractivity contribution in [2.24, 2.45) is 17.8 Å². The van der Waals surface area contributed by atoms with Crippen molar-refractivity contribution in [3.63, 3.8) is 0 Å². The van der Waals surface area contributed by atoms with E-state index in [1.807, 2.05) is 0 Å². The molecule has 2 heteroatoms. The summed E-state index contributed by atoms with van der Waals surface area (Å²) in [7, 11) is 0. The van der Waals surface area contributed by atoms with Crippen molar-refractivity contribution in [2.45, 2.75) is 88.4 Å². The normalized spacial score (nSPS) is 22.9. The van der Waals surface area contributed by atoms with Crippen LogP contribution in [0.1, 0.15) is 99.8 Å². The van der Waals surface area contributed by atoms with Gasteiger partial charge in [0.05, 0.1) is 11.0 Å². The Morgan fingerprint density at radius 2 is 1.13 bits per heavy atom. The number of hydrogen-bond donors (Lipinski definition) is 0. The van der Waals surface area contributed by atoms with Gasteiger partial charge < -0.3 is 9.47 Å². The first-order valence-corrected chi connectivity index (χ1v) is 23.5. The van der Waals surface area contributed by atoms with E-state index in [1.54, 1.807) is 16.7 Å². The number of para-hydroxylation sites is 2. The van der Waals surface area contributed by atoms with Crippen LogP contribution >= 0.6 is 0 Å². The Bertz CT molecular complexity index is 3010. The van der Waals surface area contributed by atoms with Crippen LogP contribution in [-0.4, -0.2) is 4.57 Å². The molecule has 1 heterocycles. The molecule has 8 aromatic rings. The molecule has 2 nitrogen and oxygen atoms in total. The molecule has 2 bridgehead atoms. The zero-order chi connectivity index (χ0) is 40.3. The van der Waals surface area contributed by atoms with E-state index in [0.29, 0.717) is 11.8 Å². The highest BCUT2D eigenvalue weighted by atomic mass is 15.1. The van der Waals surface area contributed by atoms with E-state index in [-0.39, 0.29) is 10.8 Å². The molecule has 4 unspecified atom stereocenters. The lowest BCUT2D eigenvalue weighted by Gasteiger charge is -2.54. The number of hydrogen-bond acceptors (Lipinski definition) is 1. The van der Waals surface area contributed by atoms with Crippen LogP contribution in [0.4, 0.5) is 17.1 Å². The lowest BCUT2D eigenvalue weighted by atomic mass is 9.50. The van der Waals surface area contributed by atoms with Crippen LogP contribution < -0.4 is 4.90 Å². The number of benzene rings is 7. The number of fused-ring (bicyclic) bond motifs is 16. The first kappa shape index (κ1) is 35.9. The molecule has 7 aromatic carbocycles. The van der Waals surface area contributed by atoms with E-state index in [1.165, 1.54) is 143 Å². The van der Waals surface area contributed by atoms with Crippen LogP contribution in [0.15, 0.2) is 158 Å². The quantitative estimate of drug-likeness (QED) is 0.169. The maximum absolute atomic E-state index is 2.68. The fourth-order valence-electron chi connectivity index (χ4n) is 14.4. The summed E-state index contributed by atoms with van der Waals surface area (Å²) in [4.78, 5) is 2.64. The van der Waals surface area contributed by atoms with Crippen molar-refractivity contribution in [3.05, 3.63) is 180 Å². The minimum absolute atomic E-state index is 0.0536. The van der Waals surface area contributed by atoms with Gasteiger partial charge in [-0.1, -0.05) is 143 Å². The highest BCUT2D eigenvalue weighted by Crippen LogP contribution is 2.65. The topological polar surface area (TPSA) is 8.17 Å². The number of aromatic nitrogens is 1. The highest BCUT2D eigenvalue weighted by Gasteiger charge is 2.56. The van der Waals surface area contributed by atoms with Gasteiger partial charge in [-0.2, -0.15) is 0 Å². The van der Waals surface area contributed by atoms with E-state index in [9.17, 15) is 0 Å². The predicted octanol–water partition coefficient (Wildman–Crippen LogP) is 16.0. The highest BCUT2D eigenvalue weighted by molar-refractivity contribution is 6.10. The third kappa shape index (κ3) is 4.97. The van der Waals surface area contributed by atoms with Crippen molar-refractivity contribution in [1.82, 2.24) is 4.57 Å². The van der Waals surface area contributed by atoms with E-state index in [4.69, 9.17) is 0 Å². The van der Waals surface area contributed by atoms with Crippen LogP contribution in [0.3, 0.4) is 0 Å². The van der Waals surface area contributed by atoms with E-state index >= 15 is 0 Å². The van der Waals surface area contributed by atoms with Gasteiger partial charge in [0.15, 0.2) is 0 Å². The van der Waals surface area contributed by atoms with Crippen molar-refractivity contribution in [1.29, 1.82) is 0 Å². The Balaban J connectivity index is 1.06. The molecule has 5 aliphatic carbocycles. The number of anilines is 3. The molecule has 0 radical (unpaired) electrons. The minimum Gasteiger partial charge on any atom is -0.310 e. The summed E-state index contributed by atoms with van der Waals surface area (Å²) in [6.45, 7) is 2.48. The van der Waals surface area contributed by atoms with Crippen LogP contribution in [0.2, 0.25) is 0 Å². The van der Waals surface area contributed by atoms with Gasteiger partial charge in [-0.15, -0.1) is 0 Å². The first-order valence-electron chi connectivity index (χ1n) is 23.5. The van der Waals surface area contributed by atoms with Crippen LogP contribution in [-0.2, 0) is 10.8 Å². The Morgan fingerprint density at radius 3 is 1.93 bits per heavy atom. The standard InChI is InChI=1S/C59H54N2/c1-2-40-34-39-16-15-17-41(35-39)59(40)53-24-11-8-21-47(53)49-30-27-45(38-55(49)59)60(44-26-29-48-46-20-7-10-23-52(46)58(54(48)37-44)32-13-4-14-33-58)43-28-31-57-51(36-43)50-22-9-12-25-56(50)61(57)42-18-5-3-6-19-42/h3,5-12,18-31,36-41H,2,4,13-17,32-35H2,1H3. The van der Waals surface area contributed by atoms with E-state index in [2.05, 4.69) is 174 Å². The van der Waals surface area contributed by atoms with Gasteiger partial charge in [-0.3, -0.25) is 0 Å². The monoisotopic (exact) mass is 790 g/mol. The zero-order valence-corrected chi connectivity index (χ0v) is 35.4. The average Bonchev–Trinajstić information content (AvgIpc) is 3.90. The predicted molar refractivity (Wildman–Crippen MR) is 255 cm³/mol. The fraction of sp³-hybridized carbons (Fsp3) is 0.288. The van der Waals surface area contributed by atoms with Crippen molar-refractivity contribution in [2.75, 3.05) is 4.90 Å². The van der Waals surface area contributed by atoms with E-state index in [0.717, 1.165) is 5.92 Å². The fourth-order valence-corrected chi connectivity index (χ4v) is 14.4. The summed E-state index contributed by atoms with van der Waals surface area (Å²) < 4.78 is 2.44. The van der Waals surface area contributed by atoms with Gasteiger partial charge in [0.2, 0.25) is 0 Å². The summed E-state index contributed by atoms with van der Waals surface area (Å²) in [6, 6.07) is 61.2. The van der Waals surface area contributed by atoms with Crippen molar-refractivity contribution < 1.29 is 0 Å². The van der Waals surface area contributed by atoms with Gasteiger partial charge >= 0.3 is 0 Å². The van der Waals surface area contributed by atoms with Gasteiger partial charge in [0, 0.05) is 44.4 Å². The largest absolute Gasteiger partial charge is 0.310 e.